The lowest BCUT2D eigenvalue weighted by Crippen LogP contribution is -3.46. The normalized spacial score (nSPS) is 121. The van der Waals surface area contributed by atoms with Gasteiger partial charge in [0.2, 0.25) is 0 Å². The average molecular weight is 383 g/mol. The van der Waals surface area contributed by atoms with Crippen LogP contribution in [0.1, 0.15) is 19.3 Å². The molecule has 18 rings (SSSR count). The molecule has 25 unspecified atom stereocenters. The molecule has 0 aromatic carbocycles. The summed E-state index contributed by atoms with van der Waals surface area (Å²) in [6.07, 6.45) is 5.28. The molecule has 18 aliphatic rings. The summed E-state index contributed by atoms with van der Waals surface area (Å²) < 4.78 is 0. The first-order valence-electron chi connectivity index (χ1n) is 14.7. The van der Waals surface area contributed by atoms with Crippen molar-refractivity contribution < 1.29 is 0 Å². The standard InChI is InChI=1S/C29H24B/c1-30-19-14-10-4-9-12-15-11-7-2-5-6-3-8-13-16-17-18(19)23(14)22(9,10)26(12)27(17,23)29(16)25(13)21(6,8)20(5,7)24(11,25)28(15,26)29/h5-19H,2-4H2,1H3. The summed E-state index contributed by atoms with van der Waals surface area (Å²) in [5.74, 6) is 19.6. The second kappa shape index (κ2) is 1.92. The molecule has 18 aliphatic carbocycles. The molecule has 25 atom stereocenters. The Morgan fingerprint density at radius 3 is 1.47 bits per heavy atom. The molecule has 143 valence electrons. The third-order valence-electron chi connectivity index (χ3n) is 22.8. The van der Waals surface area contributed by atoms with E-state index in [0.717, 1.165) is 60.0 Å². The van der Waals surface area contributed by atoms with Gasteiger partial charge >= 0.3 is 0 Å². The van der Waals surface area contributed by atoms with Gasteiger partial charge in [0.25, 0.3) is 0 Å². The molecule has 30 heavy (non-hydrogen) atoms. The van der Waals surface area contributed by atoms with Crippen molar-refractivity contribution in [2.45, 2.75) is 31.9 Å². The van der Waals surface area contributed by atoms with E-state index in [1.807, 2.05) is 0 Å². The molecule has 1 radical (unpaired) electrons. The fourth-order valence-corrected chi connectivity index (χ4v) is 27.4. The molecule has 0 heterocycles. The van der Waals surface area contributed by atoms with E-state index >= 15 is 0 Å². The van der Waals surface area contributed by atoms with Crippen molar-refractivity contribution in [3.8, 4) is 0 Å². The second-order valence-corrected chi connectivity index (χ2v) is 17.8. The largest absolute Gasteiger partial charge is 0.110 e. The van der Waals surface area contributed by atoms with Crippen molar-refractivity contribution in [1.82, 2.24) is 0 Å². The van der Waals surface area contributed by atoms with E-state index in [0.29, 0.717) is 0 Å². The van der Waals surface area contributed by atoms with E-state index < -0.39 is 0 Å². The SMILES string of the molecule is C[B]C1C2C3CC4C5C6C7C8CC9C%10CC%11C%12C%13C%14C1C21C34C52C%141C%131C%123C%10%11C98C73C621. The average Bonchev–Trinajstić information content (AvgIpc) is 2.62. The molecule has 18 saturated carbocycles. The maximum atomic E-state index is 2.77. The van der Waals surface area contributed by atoms with E-state index in [4.69, 9.17) is 0 Å². The highest BCUT2D eigenvalue weighted by Crippen LogP contribution is 3.49. The molecule has 0 bridgehead atoms. The van der Waals surface area contributed by atoms with Gasteiger partial charge in [0.15, 0.2) is 0 Å². The minimum Gasteiger partial charge on any atom is -0.0917 e. The zero-order chi connectivity index (χ0) is 17.5. The first kappa shape index (κ1) is 11.5. The van der Waals surface area contributed by atoms with Crippen LogP contribution in [0.15, 0.2) is 0 Å². The van der Waals surface area contributed by atoms with E-state index in [2.05, 4.69) is 14.1 Å². The van der Waals surface area contributed by atoms with Crippen molar-refractivity contribution in [2.24, 2.45) is 137 Å². The van der Waals surface area contributed by atoms with E-state index in [9.17, 15) is 0 Å². The van der Waals surface area contributed by atoms with Crippen molar-refractivity contribution >= 4 is 7.28 Å². The van der Waals surface area contributed by atoms with Gasteiger partial charge in [0.05, 0.1) is 0 Å². The van der Waals surface area contributed by atoms with Crippen LogP contribution in [-0.4, -0.2) is 7.28 Å². The summed E-state index contributed by atoms with van der Waals surface area (Å²) in [5.41, 5.74) is 10.8. The molecule has 0 nitrogen and oxygen atoms in total. The predicted molar refractivity (Wildman–Crippen MR) is 102 cm³/mol. The first-order chi connectivity index (χ1) is 14.9. The first-order valence-corrected chi connectivity index (χ1v) is 14.7. The molecule has 0 N–H and O–H groups in total. The van der Waals surface area contributed by atoms with Crippen molar-refractivity contribution in [3.63, 3.8) is 0 Å². The Hall–Kier alpha value is 0.0649. The van der Waals surface area contributed by atoms with Crippen LogP contribution >= 0.6 is 0 Å². The minimum atomic E-state index is 1.04. The van der Waals surface area contributed by atoms with Crippen LogP contribution in [0, 0.1) is 137 Å². The van der Waals surface area contributed by atoms with Crippen LogP contribution in [0.25, 0.3) is 0 Å². The van der Waals surface area contributed by atoms with Crippen LogP contribution in [-0.2, 0) is 0 Å². The summed E-state index contributed by atoms with van der Waals surface area (Å²) in [4.78, 5) is 0. The Kier molecular flexibility index (Phi) is 0.736. The minimum absolute atomic E-state index is 1.04. The molecule has 10 spiro atoms. The Morgan fingerprint density at radius 1 is 0.433 bits per heavy atom. The van der Waals surface area contributed by atoms with Crippen LogP contribution < -0.4 is 0 Å². The Balaban J connectivity index is 1.08. The lowest BCUT2D eigenvalue weighted by Gasteiger charge is -3.48. The lowest BCUT2D eigenvalue weighted by molar-refractivity contribution is -1.03. The van der Waals surface area contributed by atoms with Crippen LogP contribution in [0.5, 0.6) is 0 Å². The van der Waals surface area contributed by atoms with Gasteiger partial charge in [-0.1, -0.05) is 12.6 Å². The highest BCUT2D eigenvalue weighted by Gasteiger charge is 3.47. The van der Waals surface area contributed by atoms with Crippen LogP contribution in [0.3, 0.4) is 0 Å². The maximum absolute atomic E-state index is 2.77. The monoisotopic (exact) mass is 383 g/mol. The predicted octanol–water partition coefficient (Wildman–Crippen LogP) is 3.43. The third kappa shape index (κ3) is 0.297. The van der Waals surface area contributed by atoms with Gasteiger partial charge in [0, 0.05) is 0 Å². The van der Waals surface area contributed by atoms with Gasteiger partial charge in [-0.25, -0.2) is 0 Å². The molecule has 0 aromatic rings. The van der Waals surface area contributed by atoms with Crippen LogP contribution in [0.4, 0.5) is 0 Å². The highest BCUT2D eigenvalue weighted by atomic mass is 15.5. The van der Waals surface area contributed by atoms with E-state index in [-0.39, 0.29) is 0 Å². The van der Waals surface area contributed by atoms with Crippen molar-refractivity contribution in [1.29, 1.82) is 0 Å². The van der Waals surface area contributed by atoms with Gasteiger partial charge in [-0.05, 0) is 156 Å². The molecular weight excluding hydrogens is 359 g/mol. The number of fused-ring (bicyclic) bond motifs is 10. The zero-order valence-corrected chi connectivity index (χ0v) is 17.4. The molecular formula is C29H24B. The van der Waals surface area contributed by atoms with E-state index in [1.54, 1.807) is 19.3 Å². The zero-order valence-electron chi connectivity index (χ0n) is 17.4. The van der Waals surface area contributed by atoms with E-state index in [1.165, 1.54) is 82.9 Å². The number of rotatable bonds is 1. The second-order valence-electron chi connectivity index (χ2n) is 17.8. The van der Waals surface area contributed by atoms with Gasteiger partial charge in [-0.2, -0.15) is 0 Å². The highest BCUT2D eigenvalue weighted by molar-refractivity contribution is 6.37. The number of hydrogen-bond donors (Lipinski definition) is 0. The number of hydrogen-bond acceptors (Lipinski definition) is 0. The molecule has 1 heteroatoms. The Morgan fingerprint density at radius 2 is 0.867 bits per heavy atom. The summed E-state index contributed by atoms with van der Waals surface area (Å²) in [6, 6.07) is 0. The summed E-state index contributed by atoms with van der Waals surface area (Å²) in [6.45, 7) is 2.49. The fraction of sp³-hybridized carbons (Fsp3) is 1.00. The lowest BCUT2D eigenvalue weighted by atomic mass is 8.54. The molecule has 0 aliphatic heterocycles. The van der Waals surface area contributed by atoms with Gasteiger partial charge in [-0.3, -0.25) is 0 Å². The molecule has 18 fully saturated rings. The quantitative estimate of drug-likeness (QED) is 0.609. The maximum Gasteiger partial charge on any atom is 0.110 e. The van der Waals surface area contributed by atoms with Crippen LogP contribution in [0.2, 0.25) is 12.6 Å². The smallest absolute Gasteiger partial charge is 0.0917 e. The van der Waals surface area contributed by atoms with Gasteiger partial charge < -0.3 is 0 Å². The summed E-state index contributed by atoms with van der Waals surface area (Å²) >= 11 is 0. The van der Waals surface area contributed by atoms with Crippen molar-refractivity contribution in [3.05, 3.63) is 0 Å². The summed E-state index contributed by atoms with van der Waals surface area (Å²) in [7, 11) is 2.77. The summed E-state index contributed by atoms with van der Waals surface area (Å²) in [5, 5.41) is 0. The van der Waals surface area contributed by atoms with Crippen molar-refractivity contribution in [2.75, 3.05) is 0 Å². The third-order valence-corrected chi connectivity index (χ3v) is 22.8. The molecule has 0 aromatic heterocycles. The Bertz CT molecular complexity index is 1480. The molecule has 0 amide bonds. The fourth-order valence-electron chi connectivity index (χ4n) is 27.4. The topological polar surface area (TPSA) is 0 Å². The Labute approximate surface area is 176 Å². The van der Waals surface area contributed by atoms with Gasteiger partial charge in [0.1, 0.15) is 7.28 Å². The van der Waals surface area contributed by atoms with Gasteiger partial charge in [-0.15, -0.1) is 0 Å². The molecule has 0 saturated heterocycles.